The molecule has 1 aliphatic heterocycles. The third-order valence-corrected chi connectivity index (χ3v) is 3.23. The zero-order valence-electron chi connectivity index (χ0n) is 11.4. The first kappa shape index (κ1) is 15.9. The van der Waals surface area contributed by atoms with E-state index in [1.54, 1.807) is 6.92 Å². The van der Waals surface area contributed by atoms with Crippen LogP contribution in [-0.4, -0.2) is 29.2 Å². The van der Waals surface area contributed by atoms with Crippen LogP contribution in [0.3, 0.4) is 0 Å². The zero-order chi connectivity index (χ0) is 16.5. The normalized spacial score (nSPS) is 16.9. The number of halogens is 3. The number of carbonyl (C=O) groups is 2. The average Bonchev–Trinajstić information content (AvgIpc) is 3.25. The Bertz CT molecular complexity index is 637. The summed E-state index contributed by atoms with van der Waals surface area (Å²) in [5.74, 6) is -1.99. The molecular weight excluding hydrogens is 303 g/mol. The van der Waals surface area contributed by atoms with Crippen LogP contribution in [0.1, 0.15) is 29.3 Å². The molecule has 0 spiro atoms. The summed E-state index contributed by atoms with van der Waals surface area (Å²) in [5.41, 5.74) is -2.98. The van der Waals surface area contributed by atoms with Gasteiger partial charge in [-0.15, -0.1) is 10.2 Å². The number of aliphatic carboxylic acids is 1. The van der Waals surface area contributed by atoms with Gasteiger partial charge in [0.15, 0.2) is 0 Å². The van der Waals surface area contributed by atoms with Crippen molar-refractivity contribution < 1.29 is 27.9 Å². The number of carboxylic acids is 1. The molecule has 1 amide bonds. The number of nitrogens with one attached hydrogen (secondary N) is 1. The van der Waals surface area contributed by atoms with Gasteiger partial charge in [-0.1, -0.05) is 19.1 Å². The van der Waals surface area contributed by atoms with Gasteiger partial charge < -0.3 is 10.4 Å². The van der Waals surface area contributed by atoms with Gasteiger partial charge in [0.1, 0.15) is 6.04 Å². The van der Waals surface area contributed by atoms with Crippen molar-refractivity contribution in [2.45, 2.75) is 31.2 Å². The number of carbonyl (C=O) groups excluding carboxylic acids is 1. The summed E-state index contributed by atoms with van der Waals surface area (Å²) in [6.45, 7) is 1.57. The third kappa shape index (κ3) is 2.78. The number of alkyl halides is 3. The van der Waals surface area contributed by atoms with Crippen LogP contribution in [0.2, 0.25) is 0 Å². The first-order valence-corrected chi connectivity index (χ1v) is 6.36. The van der Waals surface area contributed by atoms with Crippen molar-refractivity contribution in [1.29, 1.82) is 0 Å². The molecule has 2 rings (SSSR count). The number of hydrogen-bond acceptors (Lipinski definition) is 4. The van der Waals surface area contributed by atoms with Crippen molar-refractivity contribution in [3.05, 3.63) is 35.4 Å². The number of rotatable bonds is 5. The molecule has 2 N–H and O–H groups in total. The predicted molar refractivity (Wildman–Crippen MR) is 68.2 cm³/mol. The van der Waals surface area contributed by atoms with E-state index in [1.165, 1.54) is 18.2 Å². The molecule has 0 unspecified atom stereocenters. The smallest absolute Gasteiger partial charge is 0.442 e. The number of amides is 1. The first-order valence-electron chi connectivity index (χ1n) is 6.36. The molecule has 9 heteroatoms. The highest BCUT2D eigenvalue weighted by molar-refractivity contribution is 5.96. The van der Waals surface area contributed by atoms with Crippen LogP contribution in [0.25, 0.3) is 0 Å². The lowest BCUT2D eigenvalue weighted by atomic mass is 10.00. The maximum atomic E-state index is 12.9. The molecule has 1 heterocycles. The van der Waals surface area contributed by atoms with E-state index in [-0.39, 0.29) is 17.5 Å². The molecule has 22 heavy (non-hydrogen) atoms. The predicted octanol–water partition coefficient (Wildman–Crippen LogP) is 2.46. The Balaban J connectivity index is 2.23. The SMILES string of the molecule is CC[C@H](NC(=O)c1cccc(C2(C(F)(F)F)N=N2)c1)C(=O)O. The largest absolute Gasteiger partial charge is 0.480 e. The molecule has 0 aromatic heterocycles. The van der Waals surface area contributed by atoms with E-state index < -0.39 is 29.8 Å². The topological polar surface area (TPSA) is 91.1 Å². The van der Waals surface area contributed by atoms with Gasteiger partial charge in [-0.2, -0.15) is 13.2 Å². The Labute approximate surface area is 123 Å². The van der Waals surface area contributed by atoms with Gasteiger partial charge in [0.05, 0.1) is 0 Å². The Morgan fingerprint density at radius 2 is 2.00 bits per heavy atom. The van der Waals surface area contributed by atoms with E-state index in [0.29, 0.717) is 0 Å². The van der Waals surface area contributed by atoms with Gasteiger partial charge in [-0.25, -0.2) is 4.79 Å². The van der Waals surface area contributed by atoms with Crippen molar-refractivity contribution in [3.63, 3.8) is 0 Å². The Hall–Kier alpha value is -2.45. The van der Waals surface area contributed by atoms with Crippen LogP contribution >= 0.6 is 0 Å². The monoisotopic (exact) mass is 315 g/mol. The summed E-state index contributed by atoms with van der Waals surface area (Å²) < 4.78 is 38.8. The van der Waals surface area contributed by atoms with Crippen molar-refractivity contribution in [2.75, 3.05) is 0 Å². The second kappa shape index (κ2) is 5.39. The van der Waals surface area contributed by atoms with Crippen LogP contribution in [0.5, 0.6) is 0 Å². The summed E-state index contributed by atoms with van der Waals surface area (Å²) in [5, 5.41) is 17.2. The molecule has 1 aliphatic rings. The zero-order valence-corrected chi connectivity index (χ0v) is 11.4. The lowest BCUT2D eigenvalue weighted by Gasteiger charge is -2.16. The summed E-state index contributed by atoms with van der Waals surface area (Å²) in [6.07, 6.45) is -4.53. The average molecular weight is 315 g/mol. The summed E-state index contributed by atoms with van der Waals surface area (Å²) in [7, 11) is 0. The number of benzene rings is 1. The van der Waals surface area contributed by atoms with E-state index in [0.717, 1.165) is 6.07 Å². The molecule has 1 aromatic carbocycles. The fourth-order valence-corrected chi connectivity index (χ4v) is 1.90. The standard InChI is InChI=1S/C13H12F3N3O3/c1-2-9(11(21)22)17-10(20)7-4-3-5-8(6-7)12(18-19-12)13(14,15)16/h3-6,9H,2H2,1H3,(H,17,20)(H,21,22)/t9-/m0/s1. The minimum Gasteiger partial charge on any atom is -0.480 e. The molecule has 0 fully saturated rings. The van der Waals surface area contributed by atoms with Gasteiger partial charge in [0.2, 0.25) is 0 Å². The lowest BCUT2D eigenvalue weighted by molar-refractivity contribution is -0.166. The van der Waals surface area contributed by atoms with Crippen molar-refractivity contribution >= 4 is 11.9 Å². The molecule has 6 nitrogen and oxygen atoms in total. The lowest BCUT2D eigenvalue weighted by Crippen LogP contribution is -2.40. The van der Waals surface area contributed by atoms with Crippen LogP contribution in [0, 0.1) is 0 Å². The van der Waals surface area contributed by atoms with Crippen LogP contribution in [-0.2, 0) is 10.5 Å². The maximum absolute atomic E-state index is 12.9. The quantitative estimate of drug-likeness (QED) is 0.874. The molecule has 0 aliphatic carbocycles. The second-order valence-corrected chi connectivity index (χ2v) is 4.72. The molecule has 0 bridgehead atoms. The van der Waals surface area contributed by atoms with E-state index in [1.807, 2.05) is 0 Å². The fraction of sp³-hybridized carbons (Fsp3) is 0.385. The molecule has 0 saturated heterocycles. The first-order chi connectivity index (χ1) is 10.2. The van der Waals surface area contributed by atoms with E-state index >= 15 is 0 Å². The molecule has 1 atom stereocenters. The van der Waals surface area contributed by atoms with Gasteiger partial charge in [0.25, 0.3) is 5.91 Å². The van der Waals surface area contributed by atoms with Crippen molar-refractivity contribution in [2.24, 2.45) is 10.2 Å². The van der Waals surface area contributed by atoms with Crippen LogP contribution < -0.4 is 5.32 Å². The minimum atomic E-state index is -4.69. The maximum Gasteiger partial charge on any atom is 0.442 e. The van der Waals surface area contributed by atoms with E-state index in [2.05, 4.69) is 15.5 Å². The summed E-state index contributed by atoms with van der Waals surface area (Å²) in [6, 6.07) is 3.63. The highest BCUT2D eigenvalue weighted by atomic mass is 19.4. The minimum absolute atomic E-state index is 0.0851. The van der Waals surface area contributed by atoms with Gasteiger partial charge >= 0.3 is 17.8 Å². The molecule has 118 valence electrons. The molecule has 0 saturated carbocycles. The summed E-state index contributed by atoms with van der Waals surface area (Å²) in [4.78, 5) is 22.8. The fourth-order valence-electron chi connectivity index (χ4n) is 1.90. The highest BCUT2D eigenvalue weighted by Gasteiger charge is 2.65. The second-order valence-electron chi connectivity index (χ2n) is 4.72. The van der Waals surface area contributed by atoms with E-state index in [4.69, 9.17) is 5.11 Å². The number of carboxylic acid groups (broad SMARTS) is 1. The van der Waals surface area contributed by atoms with Gasteiger partial charge in [-0.05, 0) is 18.6 Å². The van der Waals surface area contributed by atoms with Gasteiger partial charge in [0, 0.05) is 11.1 Å². The van der Waals surface area contributed by atoms with Crippen LogP contribution in [0.4, 0.5) is 13.2 Å². The molecule has 0 radical (unpaired) electrons. The number of nitrogens with zero attached hydrogens (tertiary/aromatic N) is 2. The Kier molecular flexibility index (Phi) is 3.90. The molecule has 1 aromatic rings. The van der Waals surface area contributed by atoms with Crippen molar-refractivity contribution in [1.82, 2.24) is 5.32 Å². The van der Waals surface area contributed by atoms with E-state index in [9.17, 15) is 22.8 Å². The van der Waals surface area contributed by atoms with Crippen molar-refractivity contribution in [3.8, 4) is 0 Å². The summed E-state index contributed by atoms with van der Waals surface area (Å²) >= 11 is 0. The molecular formula is C13H12F3N3O3. The van der Waals surface area contributed by atoms with Gasteiger partial charge in [-0.3, -0.25) is 4.79 Å². The third-order valence-electron chi connectivity index (χ3n) is 3.23. The Morgan fingerprint density at radius 3 is 2.45 bits per heavy atom. The van der Waals surface area contributed by atoms with Crippen LogP contribution in [0.15, 0.2) is 34.5 Å². The highest BCUT2D eigenvalue weighted by Crippen LogP contribution is 2.52. The number of hydrogen-bond donors (Lipinski definition) is 2. The Morgan fingerprint density at radius 1 is 1.36 bits per heavy atom.